The highest BCUT2D eigenvalue weighted by Gasteiger charge is 2.25. The Morgan fingerprint density at radius 2 is 1.72 bits per heavy atom. The largest absolute Gasteiger partial charge is 0.545 e. The van der Waals surface area contributed by atoms with Gasteiger partial charge in [0.05, 0.1) is 10.9 Å². The summed E-state index contributed by atoms with van der Waals surface area (Å²) in [6, 6.07) is 5.12. The molecule has 0 radical (unpaired) electrons. The summed E-state index contributed by atoms with van der Waals surface area (Å²) in [4.78, 5) is 10.7. The molecule has 1 heterocycles. The highest BCUT2D eigenvalue weighted by Crippen LogP contribution is 2.20. The Balaban J connectivity index is 2.26. The zero-order chi connectivity index (χ0) is 13.2. The minimum atomic E-state index is -3.50. The molecule has 0 atom stereocenters. The van der Waals surface area contributed by atoms with Crippen molar-refractivity contribution in [3.05, 3.63) is 29.8 Å². The van der Waals surface area contributed by atoms with E-state index in [1.54, 1.807) is 11.8 Å². The highest BCUT2D eigenvalue weighted by molar-refractivity contribution is 7.99. The summed E-state index contributed by atoms with van der Waals surface area (Å²) in [6.07, 6.45) is 0. The molecule has 5 nitrogen and oxygen atoms in total. The van der Waals surface area contributed by atoms with Gasteiger partial charge in [-0.2, -0.15) is 16.1 Å². The molecule has 1 fully saturated rings. The number of carboxylic acids is 1. The minimum absolute atomic E-state index is 0.0249. The van der Waals surface area contributed by atoms with E-state index in [1.165, 1.54) is 28.6 Å². The van der Waals surface area contributed by atoms with Crippen LogP contribution in [0.25, 0.3) is 0 Å². The molecule has 18 heavy (non-hydrogen) atoms. The van der Waals surface area contributed by atoms with Gasteiger partial charge in [-0.1, -0.05) is 12.1 Å². The fourth-order valence-electron chi connectivity index (χ4n) is 1.70. The van der Waals surface area contributed by atoms with Gasteiger partial charge in [0.25, 0.3) is 0 Å². The minimum Gasteiger partial charge on any atom is -0.545 e. The standard InChI is InChI=1S/C11H13NO4S2/c13-11(14)9-1-3-10(4-2-9)18(15,16)12-5-7-17-8-6-12/h1-4H,5-8H2,(H,13,14)/p-1. The summed E-state index contributed by atoms with van der Waals surface area (Å²) in [5.74, 6) is 0.264. The van der Waals surface area contributed by atoms with Gasteiger partial charge in [-0.25, -0.2) is 8.42 Å². The van der Waals surface area contributed by atoms with E-state index in [1.807, 2.05) is 0 Å². The highest BCUT2D eigenvalue weighted by atomic mass is 32.2. The van der Waals surface area contributed by atoms with Gasteiger partial charge in [0.15, 0.2) is 0 Å². The van der Waals surface area contributed by atoms with Crippen LogP contribution in [0.4, 0.5) is 0 Å². The predicted octanol–water partition coefficient (Wildman–Crippen LogP) is -0.212. The molecule has 98 valence electrons. The topological polar surface area (TPSA) is 77.5 Å². The molecule has 7 heteroatoms. The van der Waals surface area contributed by atoms with Crippen molar-refractivity contribution in [2.75, 3.05) is 24.6 Å². The molecule has 0 N–H and O–H groups in total. The van der Waals surface area contributed by atoms with Crippen molar-refractivity contribution >= 4 is 27.8 Å². The Morgan fingerprint density at radius 1 is 1.17 bits per heavy atom. The lowest BCUT2D eigenvalue weighted by atomic mass is 10.2. The van der Waals surface area contributed by atoms with Crippen LogP contribution in [0.15, 0.2) is 29.2 Å². The molecular formula is C11H12NO4S2-. The van der Waals surface area contributed by atoms with Crippen LogP contribution in [0.2, 0.25) is 0 Å². The summed E-state index contributed by atoms with van der Waals surface area (Å²) in [6.45, 7) is 0.991. The van der Waals surface area contributed by atoms with Crippen LogP contribution in [0, 0.1) is 0 Å². The van der Waals surface area contributed by atoms with Gasteiger partial charge in [0, 0.05) is 24.6 Å². The Labute approximate surface area is 110 Å². The van der Waals surface area contributed by atoms with Crippen LogP contribution < -0.4 is 5.11 Å². The quantitative estimate of drug-likeness (QED) is 0.768. The molecule has 0 aliphatic carbocycles. The van der Waals surface area contributed by atoms with E-state index in [-0.39, 0.29) is 10.5 Å². The smallest absolute Gasteiger partial charge is 0.243 e. The van der Waals surface area contributed by atoms with Crippen molar-refractivity contribution in [3.63, 3.8) is 0 Å². The number of hydrogen-bond acceptors (Lipinski definition) is 5. The zero-order valence-corrected chi connectivity index (χ0v) is 11.2. The number of aromatic carboxylic acids is 1. The summed E-state index contributed by atoms with van der Waals surface area (Å²) >= 11 is 1.72. The van der Waals surface area contributed by atoms with Gasteiger partial charge in [-0.3, -0.25) is 0 Å². The first kappa shape index (κ1) is 13.4. The predicted molar refractivity (Wildman–Crippen MR) is 66.9 cm³/mol. The number of carbonyl (C=O) groups is 1. The number of rotatable bonds is 3. The van der Waals surface area contributed by atoms with Gasteiger partial charge in [0.1, 0.15) is 0 Å². The molecule has 0 saturated carbocycles. The van der Waals surface area contributed by atoms with Crippen LogP contribution in [0.5, 0.6) is 0 Å². The molecule has 1 aliphatic heterocycles. The average Bonchev–Trinajstić information content (AvgIpc) is 2.40. The van der Waals surface area contributed by atoms with Crippen molar-refractivity contribution in [2.24, 2.45) is 0 Å². The van der Waals surface area contributed by atoms with Crippen LogP contribution >= 0.6 is 11.8 Å². The molecular weight excluding hydrogens is 274 g/mol. The lowest BCUT2D eigenvalue weighted by molar-refractivity contribution is -0.255. The third kappa shape index (κ3) is 2.68. The molecule has 1 aromatic rings. The second kappa shape index (κ2) is 5.29. The molecule has 1 aliphatic rings. The van der Waals surface area contributed by atoms with E-state index in [2.05, 4.69) is 0 Å². The number of sulfonamides is 1. The first-order valence-corrected chi connectivity index (χ1v) is 8.00. The molecule has 0 amide bonds. The SMILES string of the molecule is O=C([O-])c1ccc(S(=O)(=O)N2CCSCC2)cc1. The van der Waals surface area contributed by atoms with Crippen LogP contribution in [0.1, 0.15) is 10.4 Å². The molecule has 0 bridgehead atoms. The van der Waals surface area contributed by atoms with E-state index < -0.39 is 16.0 Å². The van der Waals surface area contributed by atoms with Crippen molar-refractivity contribution in [1.82, 2.24) is 4.31 Å². The maximum absolute atomic E-state index is 12.2. The Bertz CT molecular complexity index is 533. The van der Waals surface area contributed by atoms with Gasteiger partial charge in [-0.05, 0) is 17.7 Å². The third-order valence-electron chi connectivity index (χ3n) is 2.70. The number of carboxylic acid groups (broad SMARTS) is 1. The molecule has 2 rings (SSSR count). The normalized spacial score (nSPS) is 17.6. The van der Waals surface area contributed by atoms with Crippen LogP contribution in [-0.2, 0) is 10.0 Å². The lowest BCUT2D eigenvalue weighted by Crippen LogP contribution is -2.37. The first-order valence-electron chi connectivity index (χ1n) is 5.41. The van der Waals surface area contributed by atoms with E-state index in [9.17, 15) is 18.3 Å². The first-order chi connectivity index (χ1) is 8.51. The number of benzene rings is 1. The Kier molecular flexibility index (Phi) is 3.94. The van der Waals surface area contributed by atoms with Gasteiger partial charge >= 0.3 is 0 Å². The number of carbonyl (C=O) groups excluding carboxylic acids is 1. The van der Waals surface area contributed by atoms with Gasteiger partial charge in [0.2, 0.25) is 10.0 Å². The lowest BCUT2D eigenvalue weighted by Gasteiger charge is -2.25. The monoisotopic (exact) mass is 286 g/mol. The van der Waals surface area contributed by atoms with Crippen molar-refractivity contribution in [1.29, 1.82) is 0 Å². The van der Waals surface area contributed by atoms with E-state index in [4.69, 9.17) is 0 Å². The van der Waals surface area contributed by atoms with Gasteiger partial charge < -0.3 is 9.90 Å². The van der Waals surface area contributed by atoms with Crippen molar-refractivity contribution < 1.29 is 18.3 Å². The Morgan fingerprint density at radius 3 is 2.22 bits per heavy atom. The Hall–Kier alpha value is -1.05. The maximum atomic E-state index is 12.2. The van der Waals surface area contributed by atoms with E-state index >= 15 is 0 Å². The second-order valence-electron chi connectivity index (χ2n) is 3.83. The van der Waals surface area contributed by atoms with Crippen LogP contribution in [0.3, 0.4) is 0 Å². The summed E-state index contributed by atoms with van der Waals surface area (Å²) < 4.78 is 25.9. The molecule has 0 spiro atoms. The second-order valence-corrected chi connectivity index (χ2v) is 6.99. The average molecular weight is 286 g/mol. The summed E-state index contributed by atoms with van der Waals surface area (Å²) in [7, 11) is -3.50. The number of hydrogen-bond donors (Lipinski definition) is 0. The van der Waals surface area contributed by atoms with Gasteiger partial charge in [-0.15, -0.1) is 0 Å². The fourth-order valence-corrected chi connectivity index (χ4v) is 4.27. The number of thioether (sulfide) groups is 1. The molecule has 0 aromatic heterocycles. The molecule has 1 aromatic carbocycles. The summed E-state index contributed by atoms with van der Waals surface area (Å²) in [5, 5.41) is 10.6. The molecule has 0 unspecified atom stereocenters. The number of nitrogens with zero attached hydrogens (tertiary/aromatic N) is 1. The third-order valence-corrected chi connectivity index (χ3v) is 5.55. The maximum Gasteiger partial charge on any atom is 0.243 e. The fraction of sp³-hybridized carbons (Fsp3) is 0.364. The van der Waals surface area contributed by atoms with Crippen molar-refractivity contribution in [3.8, 4) is 0 Å². The van der Waals surface area contributed by atoms with Crippen molar-refractivity contribution in [2.45, 2.75) is 4.90 Å². The van der Waals surface area contributed by atoms with E-state index in [0.29, 0.717) is 13.1 Å². The van der Waals surface area contributed by atoms with Crippen LogP contribution in [-0.4, -0.2) is 43.3 Å². The molecule has 1 saturated heterocycles. The van der Waals surface area contributed by atoms with E-state index in [0.717, 1.165) is 11.5 Å². The zero-order valence-electron chi connectivity index (χ0n) is 9.53. The summed E-state index contributed by atoms with van der Waals surface area (Å²) in [5.41, 5.74) is -0.0249.